The summed E-state index contributed by atoms with van der Waals surface area (Å²) in [5, 5.41) is 0. The summed E-state index contributed by atoms with van der Waals surface area (Å²) in [6.07, 6.45) is 2.40. The molecule has 2 heterocycles. The second kappa shape index (κ2) is 4.97. The number of H-pyrrole nitrogens is 1. The van der Waals surface area contributed by atoms with E-state index in [0.717, 1.165) is 31.9 Å². The molecule has 0 atom stereocenters. The molecule has 1 aromatic rings. The lowest BCUT2D eigenvalue weighted by molar-refractivity contribution is 0.215. The van der Waals surface area contributed by atoms with Crippen molar-refractivity contribution in [1.29, 1.82) is 0 Å². The maximum Gasteiger partial charge on any atom is 0.109 e. The van der Waals surface area contributed by atoms with Crippen LogP contribution in [0.3, 0.4) is 0 Å². The molecule has 1 aromatic heterocycles. The Kier molecular flexibility index (Phi) is 3.61. The molecule has 3 N–H and O–H groups in total. The number of likely N-dealkylation sites (tertiary alicyclic amines) is 1. The molecule has 0 unspecified atom stereocenters. The van der Waals surface area contributed by atoms with Crippen LogP contribution >= 0.6 is 0 Å². The molecule has 4 heteroatoms. The van der Waals surface area contributed by atoms with Gasteiger partial charge >= 0.3 is 0 Å². The Morgan fingerprint density at radius 1 is 1.38 bits per heavy atom. The van der Waals surface area contributed by atoms with Crippen LogP contribution in [0.25, 0.3) is 0 Å². The van der Waals surface area contributed by atoms with E-state index in [1.165, 1.54) is 24.4 Å². The summed E-state index contributed by atoms with van der Waals surface area (Å²) < 4.78 is 0. The van der Waals surface area contributed by atoms with E-state index >= 15 is 0 Å². The highest BCUT2D eigenvalue weighted by Gasteiger charge is 2.22. The molecule has 4 nitrogen and oxygen atoms in total. The number of rotatable bonds is 3. The van der Waals surface area contributed by atoms with Gasteiger partial charge in [0.2, 0.25) is 0 Å². The summed E-state index contributed by atoms with van der Waals surface area (Å²) in [6.45, 7) is 8.27. The molecule has 0 aromatic carbocycles. The summed E-state index contributed by atoms with van der Waals surface area (Å²) in [4.78, 5) is 10.5. The van der Waals surface area contributed by atoms with Gasteiger partial charge in [-0.25, -0.2) is 4.98 Å². The number of nitrogens with zero attached hydrogens (tertiary/aromatic N) is 2. The van der Waals surface area contributed by atoms with E-state index in [1.807, 2.05) is 0 Å². The normalized spacial score (nSPS) is 19.2. The monoisotopic (exact) mass is 222 g/mol. The topological polar surface area (TPSA) is 57.9 Å². The Labute approximate surface area is 97.2 Å². The molecule has 0 radical (unpaired) electrons. The smallest absolute Gasteiger partial charge is 0.109 e. The third kappa shape index (κ3) is 2.44. The van der Waals surface area contributed by atoms with Crippen molar-refractivity contribution in [1.82, 2.24) is 14.9 Å². The summed E-state index contributed by atoms with van der Waals surface area (Å²) >= 11 is 0. The number of hydrogen-bond donors (Lipinski definition) is 2. The highest BCUT2D eigenvalue weighted by atomic mass is 15.1. The van der Waals surface area contributed by atoms with Crippen molar-refractivity contribution in [2.24, 2.45) is 5.73 Å². The molecule has 0 saturated carbocycles. The van der Waals surface area contributed by atoms with E-state index in [-0.39, 0.29) is 0 Å². The van der Waals surface area contributed by atoms with Gasteiger partial charge in [0.25, 0.3) is 0 Å². The molecule has 1 aliphatic rings. The van der Waals surface area contributed by atoms with Crippen molar-refractivity contribution in [2.45, 2.75) is 32.6 Å². The first-order valence-electron chi connectivity index (χ1n) is 6.16. The number of aromatic amines is 1. The van der Waals surface area contributed by atoms with Gasteiger partial charge in [0, 0.05) is 24.7 Å². The number of imidazole rings is 1. The van der Waals surface area contributed by atoms with E-state index in [2.05, 4.69) is 28.7 Å². The highest BCUT2D eigenvalue weighted by Crippen LogP contribution is 2.26. The Bertz CT molecular complexity index is 317. The predicted molar refractivity (Wildman–Crippen MR) is 65.5 cm³/mol. The van der Waals surface area contributed by atoms with Crippen LogP contribution < -0.4 is 5.73 Å². The minimum Gasteiger partial charge on any atom is -0.346 e. The Balaban J connectivity index is 1.93. The Morgan fingerprint density at radius 3 is 2.56 bits per heavy atom. The third-order valence-corrected chi connectivity index (χ3v) is 3.57. The van der Waals surface area contributed by atoms with Gasteiger partial charge in [0.15, 0.2) is 0 Å². The first-order valence-corrected chi connectivity index (χ1v) is 6.16. The van der Waals surface area contributed by atoms with Crippen LogP contribution in [0.2, 0.25) is 0 Å². The van der Waals surface area contributed by atoms with E-state index in [9.17, 15) is 0 Å². The molecule has 90 valence electrons. The molecule has 0 spiro atoms. The molecule has 0 bridgehead atoms. The van der Waals surface area contributed by atoms with E-state index < -0.39 is 0 Å². The minimum atomic E-state index is 0.612. The number of aromatic nitrogens is 2. The quantitative estimate of drug-likeness (QED) is 0.807. The second-order valence-electron chi connectivity index (χ2n) is 4.74. The lowest BCUT2D eigenvalue weighted by atomic mass is 9.96. The van der Waals surface area contributed by atoms with Crippen molar-refractivity contribution in [3.63, 3.8) is 0 Å². The van der Waals surface area contributed by atoms with Crippen LogP contribution in [0.15, 0.2) is 0 Å². The molecule has 2 rings (SSSR count). The number of piperidine rings is 1. The van der Waals surface area contributed by atoms with Crippen LogP contribution in [-0.2, 0) is 0 Å². The SMILES string of the molecule is Cc1nc(C2CCN(CCN)CC2)[nH]c1C. The van der Waals surface area contributed by atoms with Crippen LogP contribution in [0.4, 0.5) is 0 Å². The Morgan fingerprint density at radius 2 is 2.06 bits per heavy atom. The van der Waals surface area contributed by atoms with Gasteiger partial charge in [-0.05, 0) is 39.8 Å². The fraction of sp³-hybridized carbons (Fsp3) is 0.750. The summed E-state index contributed by atoms with van der Waals surface area (Å²) in [6, 6.07) is 0. The van der Waals surface area contributed by atoms with E-state index in [4.69, 9.17) is 5.73 Å². The van der Waals surface area contributed by atoms with Gasteiger partial charge < -0.3 is 15.6 Å². The number of aryl methyl sites for hydroxylation is 2. The first kappa shape index (κ1) is 11.6. The van der Waals surface area contributed by atoms with Gasteiger partial charge in [-0.3, -0.25) is 0 Å². The average molecular weight is 222 g/mol. The number of nitrogens with two attached hydrogens (primary N) is 1. The van der Waals surface area contributed by atoms with Gasteiger partial charge in [-0.1, -0.05) is 0 Å². The fourth-order valence-corrected chi connectivity index (χ4v) is 2.38. The number of hydrogen-bond acceptors (Lipinski definition) is 3. The minimum absolute atomic E-state index is 0.612. The lowest BCUT2D eigenvalue weighted by Crippen LogP contribution is -2.36. The highest BCUT2D eigenvalue weighted by molar-refractivity contribution is 5.13. The maximum atomic E-state index is 5.57. The molecule has 1 aliphatic heterocycles. The molecule has 0 aliphatic carbocycles. The standard InChI is InChI=1S/C12H22N4/c1-9-10(2)15-12(14-9)11-3-6-16(7-4-11)8-5-13/h11H,3-8,13H2,1-2H3,(H,14,15). The van der Waals surface area contributed by atoms with Crippen molar-refractivity contribution in [2.75, 3.05) is 26.2 Å². The van der Waals surface area contributed by atoms with Crippen molar-refractivity contribution >= 4 is 0 Å². The molecule has 1 fully saturated rings. The average Bonchev–Trinajstić information content (AvgIpc) is 2.61. The summed E-state index contributed by atoms with van der Waals surface area (Å²) in [7, 11) is 0. The fourth-order valence-electron chi connectivity index (χ4n) is 2.38. The lowest BCUT2D eigenvalue weighted by Gasteiger charge is -2.30. The van der Waals surface area contributed by atoms with Crippen molar-refractivity contribution in [3.05, 3.63) is 17.2 Å². The molecular formula is C12H22N4. The molecular weight excluding hydrogens is 200 g/mol. The zero-order valence-corrected chi connectivity index (χ0v) is 10.3. The largest absolute Gasteiger partial charge is 0.346 e. The third-order valence-electron chi connectivity index (χ3n) is 3.57. The van der Waals surface area contributed by atoms with Gasteiger partial charge in [-0.15, -0.1) is 0 Å². The molecule has 1 saturated heterocycles. The van der Waals surface area contributed by atoms with Crippen LogP contribution in [0.5, 0.6) is 0 Å². The van der Waals surface area contributed by atoms with Crippen molar-refractivity contribution in [3.8, 4) is 0 Å². The van der Waals surface area contributed by atoms with Gasteiger partial charge in [0.05, 0.1) is 5.69 Å². The van der Waals surface area contributed by atoms with Gasteiger partial charge in [-0.2, -0.15) is 0 Å². The molecule has 16 heavy (non-hydrogen) atoms. The van der Waals surface area contributed by atoms with Crippen molar-refractivity contribution < 1.29 is 0 Å². The maximum absolute atomic E-state index is 5.57. The summed E-state index contributed by atoms with van der Waals surface area (Å²) in [5.41, 5.74) is 7.91. The van der Waals surface area contributed by atoms with E-state index in [1.54, 1.807) is 0 Å². The summed E-state index contributed by atoms with van der Waals surface area (Å²) in [5.74, 6) is 1.80. The Hall–Kier alpha value is -0.870. The van der Waals surface area contributed by atoms with E-state index in [0.29, 0.717) is 5.92 Å². The second-order valence-corrected chi connectivity index (χ2v) is 4.74. The van der Waals surface area contributed by atoms with Crippen LogP contribution in [0, 0.1) is 13.8 Å². The predicted octanol–water partition coefficient (Wildman–Crippen LogP) is 1.16. The van der Waals surface area contributed by atoms with Crippen LogP contribution in [-0.4, -0.2) is 41.0 Å². The van der Waals surface area contributed by atoms with Gasteiger partial charge in [0.1, 0.15) is 5.82 Å². The zero-order valence-electron chi connectivity index (χ0n) is 10.3. The first-order chi connectivity index (χ1) is 7.70. The zero-order chi connectivity index (χ0) is 11.5. The number of nitrogens with one attached hydrogen (secondary N) is 1. The molecule has 0 amide bonds. The van der Waals surface area contributed by atoms with Crippen LogP contribution in [0.1, 0.15) is 36.0 Å².